The zero-order chi connectivity index (χ0) is 16.9. The third-order valence-corrected chi connectivity index (χ3v) is 5.11. The Labute approximate surface area is 156 Å². The van der Waals surface area contributed by atoms with Crippen LogP contribution in [0.2, 0.25) is 5.02 Å². The molecule has 1 aliphatic heterocycles. The second kappa shape index (κ2) is 8.04. The van der Waals surface area contributed by atoms with Gasteiger partial charge in [0.1, 0.15) is 0 Å². The van der Waals surface area contributed by atoms with E-state index in [9.17, 15) is 4.79 Å². The largest absolute Gasteiger partial charge is 0.372 e. The summed E-state index contributed by atoms with van der Waals surface area (Å²) in [6.45, 7) is 2.76. The Morgan fingerprint density at radius 2 is 1.79 bits per heavy atom. The molecule has 1 heterocycles. The van der Waals surface area contributed by atoms with Gasteiger partial charge in [-0.2, -0.15) is 0 Å². The number of anilines is 1. The first-order chi connectivity index (χ1) is 11.6. The number of hydrogen-bond donors (Lipinski definition) is 1. The Hall–Kier alpha value is -1.52. The Morgan fingerprint density at radius 1 is 1.08 bits per heavy atom. The number of nitrogens with one attached hydrogen (secondary N) is 1. The first-order valence-corrected chi connectivity index (χ1v) is 9.38. The third kappa shape index (κ3) is 4.31. The maximum atomic E-state index is 12.3. The normalized spacial score (nSPS) is 14.5. The van der Waals surface area contributed by atoms with E-state index in [-0.39, 0.29) is 5.91 Å². The molecule has 3 nitrogen and oxygen atoms in total. The molecule has 2 aromatic carbocycles. The first kappa shape index (κ1) is 17.3. The molecule has 1 aliphatic rings. The Morgan fingerprint density at radius 3 is 2.50 bits per heavy atom. The Kier molecular flexibility index (Phi) is 5.80. The van der Waals surface area contributed by atoms with Gasteiger partial charge in [0.15, 0.2) is 0 Å². The van der Waals surface area contributed by atoms with Gasteiger partial charge in [0.25, 0.3) is 5.91 Å². The lowest BCUT2D eigenvalue weighted by Crippen LogP contribution is -2.29. The van der Waals surface area contributed by atoms with Gasteiger partial charge in [-0.3, -0.25) is 4.79 Å². The zero-order valence-electron chi connectivity index (χ0n) is 13.4. The van der Waals surface area contributed by atoms with Crippen molar-refractivity contribution in [3.8, 4) is 0 Å². The minimum atomic E-state index is -0.165. The van der Waals surface area contributed by atoms with Crippen LogP contribution in [0.5, 0.6) is 0 Å². The Bertz CT molecular complexity index is 712. The van der Waals surface area contributed by atoms with Crippen molar-refractivity contribution in [2.45, 2.75) is 25.8 Å². The van der Waals surface area contributed by atoms with Crippen molar-refractivity contribution >= 4 is 39.1 Å². The van der Waals surface area contributed by atoms with Crippen LogP contribution in [0.15, 0.2) is 46.9 Å². The number of rotatable bonds is 4. The maximum absolute atomic E-state index is 12.3. The van der Waals surface area contributed by atoms with Gasteiger partial charge in [-0.15, -0.1) is 0 Å². The fourth-order valence-electron chi connectivity index (χ4n) is 2.93. The molecule has 1 saturated heterocycles. The van der Waals surface area contributed by atoms with Crippen molar-refractivity contribution in [1.29, 1.82) is 0 Å². The molecular weight excluding hydrogens is 388 g/mol. The number of carbonyl (C=O) groups excluding carboxylic acids is 1. The first-order valence-electron chi connectivity index (χ1n) is 8.20. The average molecular weight is 408 g/mol. The van der Waals surface area contributed by atoms with Crippen molar-refractivity contribution in [2.75, 3.05) is 18.0 Å². The van der Waals surface area contributed by atoms with E-state index in [2.05, 4.69) is 50.4 Å². The highest BCUT2D eigenvalue weighted by atomic mass is 79.9. The quantitative estimate of drug-likeness (QED) is 0.771. The molecule has 126 valence electrons. The van der Waals surface area contributed by atoms with E-state index in [0.717, 1.165) is 23.1 Å². The van der Waals surface area contributed by atoms with Crippen molar-refractivity contribution in [2.24, 2.45) is 0 Å². The van der Waals surface area contributed by atoms with Crippen molar-refractivity contribution in [3.05, 3.63) is 63.1 Å². The SMILES string of the molecule is O=C(NCc1ccc(N2CCCCC2)cc1)c1cc(Br)ccc1Cl. The van der Waals surface area contributed by atoms with E-state index in [4.69, 9.17) is 11.6 Å². The fraction of sp³-hybridized carbons (Fsp3) is 0.316. The van der Waals surface area contributed by atoms with Crippen LogP contribution in [0.4, 0.5) is 5.69 Å². The third-order valence-electron chi connectivity index (χ3n) is 4.28. The number of benzene rings is 2. The van der Waals surface area contributed by atoms with Gasteiger partial charge in [0, 0.05) is 29.8 Å². The average Bonchev–Trinajstić information content (AvgIpc) is 2.63. The standard InChI is InChI=1S/C19H20BrClN2O/c20-15-6-9-18(21)17(12-15)19(24)22-13-14-4-7-16(8-5-14)23-10-2-1-3-11-23/h4-9,12H,1-3,10-11,13H2,(H,22,24). The van der Waals surface area contributed by atoms with Crippen LogP contribution in [0.3, 0.4) is 0 Å². The van der Waals surface area contributed by atoms with Gasteiger partial charge in [0.05, 0.1) is 10.6 Å². The van der Waals surface area contributed by atoms with Crippen LogP contribution in [-0.4, -0.2) is 19.0 Å². The highest BCUT2D eigenvalue weighted by Crippen LogP contribution is 2.22. The lowest BCUT2D eigenvalue weighted by Gasteiger charge is -2.28. The second-order valence-corrected chi connectivity index (χ2v) is 7.34. The summed E-state index contributed by atoms with van der Waals surface area (Å²) >= 11 is 9.46. The van der Waals surface area contributed by atoms with Gasteiger partial charge in [-0.1, -0.05) is 39.7 Å². The summed E-state index contributed by atoms with van der Waals surface area (Å²) in [7, 11) is 0. The molecule has 0 saturated carbocycles. The molecule has 0 spiro atoms. The van der Waals surface area contributed by atoms with Gasteiger partial charge in [-0.25, -0.2) is 0 Å². The minimum Gasteiger partial charge on any atom is -0.372 e. The summed E-state index contributed by atoms with van der Waals surface area (Å²) in [5.41, 5.74) is 2.83. The summed E-state index contributed by atoms with van der Waals surface area (Å²) in [4.78, 5) is 14.7. The lowest BCUT2D eigenvalue weighted by atomic mass is 10.1. The number of halogens is 2. The predicted octanol–water partition coefficient (Wildman–Crippen LogP) is 5.02. The Balaban J connectivity index is 1.60. The highest BCUT2D eigenvalue weighted by molar-refractivity contribution is 9.10. The van der Waals surface area contributed by atoms with Crippen LogP contribution >= 0.6 is 27.5 Å². The molecule has 0 aromatic heterocycles. The number of carbonyl (C=O) groups is 1. The molecule has 0 radical (unpaired) electrons. The van der Waals surface area contributed by atoms with Crippen LogP contribution in [-0.2, 0) is 6.54 Å². The summed E-state index contributed by atoms with van der Waals surface area (Å²) in [5.74, 6) is -0.165. The molecule has 0 atom stereocenters. The molecule has 0 aliphatic carbocycles. The smallest absolute Gasteiger partial charge is 0.253 e. The molecule has 3 rings (SSSR count). The van der Waals surface area contributed by atoms with Gasteiger partial charge < -0.3 is 10.2 Å². The van der Waals surface area contributed by atoms with Crippen molar-refractivity contribution in [3.63, 3.8) is 0 Å². The minimum absolute atomic E-state index is 0.165. The highest BCUT2D eigenvalue weighted by Gasteiger charge is 2.12. The number of hydrogen-bond acceptors (Lipinski definition) is 2. The van der Waals surface area contributed by atoms with E-state index in [1.54, 1.807) is 12.1 Å². The lowest BCUT2D eigenvalue weighted by molar-refractivity contribution is 0.0951. The summed E-state index contributed by atoms with van der Waals surface area (Å²) in [6.07, 6.45) is 3.87. The van der Waals surface area contributed by atoms with Crippen LogP contribution < -0.4 is 10.2 Å². The van der Waals surface area contributed by atoms with E-state index in [1.165, 1.54) is 24.9 Å². The van der Waals surface area contributed by atoms with E-state index < -0.39 is 0 Å². The van der Waals surface area contributed by atoms with Gasteiger partial charge in [0.2, 0.25) is 0 Å². The summed E-state index contributed by atoms with van der Waals surface area (Å²) in [5, 5.41) is 3.38. The number of nitrogens with zero attached hydrogens (tertiary/aromatic N) is 1. The summed E-state index contributed by atoms with van der Waals surface area (Å²) in [6, 6.07) is 13.7. The van der Waals surface area contributed by atoms with E-state index >= 15 is 0 Å². The molecule has 2 aromatic rings. The number of amides is 1. The van der Waals surface area contributed by atoms with Gasteiger partial charge in [-0.05, 0) is 55.2 Å². The van der Waals surface area contributed by atoms with Crippen LogP contribution in [0, 0.1) is 0 Å². The zero-order valence-corrected chi connectivity index (χ0v) is 15.7. The molecule has 0 unspecified atom stereocenters. The maximum Gasteiger partial charge on any atom is 0.253 e. The van der Waals surface area contributed by atoms with E-state index in [0.29, 0.717) is 17.1 Å². The van der Waals surface area contributed by atoms with E-state index in [1.807, 2.05) is 6.07 Å². The second-order valence-electron chi connectivity index (χ2n) is 6.02. The molecule has 1 fully saturated rings. The summed E-state index contributed by atoms with van der Waals surface area (Å²) < 4.78 is 0.836. The monoisotopic (exact) mass is 406 g/mol. The molecule has 5 heteroatoms. The molecule has 1 amide bonds. The van der Waals surface area contributed by atoms with Crippen LogP contribution in [0.25, 0.3) is 0 Å². The molecule has 1 N–H and O–H groups in total. The predicted molar refractivity (Wildman–Crippen MR) is 103 cm³/mol. The van der Waals surface area contributed by atoms with Gasteiger partial charge >= 0.3 is 0 Å². The number of piperidine rings is 1. The molecule has 24 heavy (non-hydrogen) atoms. The van der Waals surface area contributed by atoms with Crippen LogP contribution in [0.1, 0.15) is 35.2 Å². The topological polar surface area (TPSA) is 32.3 Å². The molecule has 0 bridgehead atoms. The molecular formula is C19H20BrClN2O. The van der Waals surface area contributed by atoms with Crippen molar-refractivity contribution < 1.29 is 4.79 Å². The van der Waals surface area contributed by atoms with Crippen molar-refractivity contribution in [1.82, 2.24) is 5.32 Å². The fourth-order valence-corrected chi connectivity index (χ4v) is 3.49.